The molecule has 0 bridgehead atoms. The molecular formula is C22H33N3O3. The van der Waals surface area contributed by atoms with Crippen molar-refractivity contribution in [3.05, 3.63) is 35.4 Å². The van der Waals surface area contributed by atoms with E-state index in [1.807, 2.05) is 61.8 Å². The van der Waals surface area contributed by atoms with Gasteiger partial charge in [-0.3, -0.25) is 14.6 Å². The molecule has 2 aliphatic heterocycles. The second-order valence-electron chi connectivity index (χ2n) is 8.84. The van der Waals surface area contributed by atoms with Crippen molar-refractivity contribution in [1.29, 1.82) is 0 Å². The van der Waals surface area contributed by atoms with Crippen molar-refractivity contribution >= 4 is 12.0 Å². The van der Waals surface area contributed by atoms with Gasteiger partial charge in [0.25, 0.3) is 5.91 Å². The van der Waals surface area contributed by atoms with Crippen LogP contribution in [0.3, 0.4) is 0 Å². The molecule has 1 unspecified atom stereocenters. The van der Waals surface area contributed by atoms with Crippen LogP contribution in [0.4, 0.5) is 4.79 Å². The molecule has 0 saturated carbocycles. The number of hydrogen-bond acceptors (Lipinski definition) is 4. The highest BCUT2D eigenvalue weighted by Crippen LogP contribution is 2.24. The zero-order valence-electron chi connectivity index (χ0n) is 17.6. The molecular weight excluding hydrogens is 354 g/mol. The SMILES string of the molecule is Cc1ccc(C(=O)N2CCN(C3CCCCN3C(=O)OC(C)(C)C)CC2)cc1. The van der Waals surface area contributed by atoms with Crippen LogP contribution in [0.1, 0.15) is 56.0 Å². The molecule has 0 N–H and O–H groups in total. The van der Waals surface area contributed by atoms with E-state index in [4.69, 9.17) is 4.74 Å². The van der Waals surface area contributed by atoms with Gasteiger partial charge in [-0.1, -0.05) is 17.7 Å². The number of likely N-dealkylation sites (tertiary alicyclic amines) is 1. The highest BCUT2D eigenvalue weighted by Gasteiger charge is 2.36. The summed E-state index contributed by atoms with van der Waals surface area (Å²) in [5, 5.41) is 0. The Morgan fingerprint density at radius 2 is 1.61 bits per heavy atom. The molecule has 0 aliphatic carbocycles. The maximum Gasteiger partial charge on any atom is 0.411 e. The van der Waals surface area contributed by atoms with E-state index in [-0.39, 0.29) is 18.2 Å². The quantitative estimate of drug-likeness (QED) is 0.779. The molecule has 3 rings (SSSR count). The lowest BCUT2D eigenvalue weighted by Gasteiger charge is -2.45. The van der Waals surface area contributed by atoms with Gasteiger partial charge in [-0.25, -0.2) is 4.79 Å². The van der Waals surface area contributed by atoms with Gasteiger partial charge in [-0.05, 0) is 59.1 Å². The van der Waals surface area contributed by atoms with E-state index < -0.39 is 5.60 Å². The Balaban J connectivity index is 1.60. The van der Waals surface area contributed by atoms with Crippen molar-refractivity contribution in [1.82, 2.24) is 14.7 Å². The highest BCUT2D eigenvalue weighted by molar-refractivity contribution is 5.94. The fourth-order valence-electron chi connectivity index (χ4n) is 3.93. The lowest BCUT2D eigenvalue weighted by atomic mass is 10.1. The average Bonchev–Trinajstić information content (AvgIpc) is 2.67. The van der Waals surface area contributed by atoms with Crippen LogP contribution in [0.2, 0.25) is 0 Å². The number of piperidine rings is 1. The Kier molecular flexibility index (Phi) is 6.28. The molecule has 2 heterocycles. The minimum Gasteiger partial charge on any atom is -0.444 e. The minimum absolute atomic E-state index is 0.0697. The second kappa shape index (κ2) is 8.52. The summed E-state index contributed by atoms with van der Waals surface area (Å²) in [7, 11) is 0. The number of benzene rings is 1. The summed E-state index contributed by atoms with van der Waals surface area (Å²) in [5.41, 5.74) is 1.41. The average molecular weight is 388 g/mol. The topological polar surface area (TPSA) is 53.1 Å². The Hall–Kier alpha value is -2.08. The zero-order chi connectivity index (χ0) is 20.3. The fourth-order valence-corrected chi connectivity index (χ4v) is 3.93. The molecule has 2 saturated heterocycles. The Labute approximate surface area is 168 Å². The molecule has 0 radical (unpaired) electrons. The molecule has 1 atom stereocenters. The Bertz CT molecular complexity index is 688. The lowest BCUT2D eigenvalue weighted by Crippen LogP contribution is -2.59. The number of carbonyl (C=O) groups is 2. The van der Waals surface area contributed by atoms with Crippen molar-refractivity contribution in [3.63, 3.8) is 0 Å². The first-order valence-electron chi connectivity index (χ1n) is 10.3. The van der Waals surface area contributed by atoms with E-state index in [9.17, 15) is 9.59 Å². The highest BCUT2D eigenvalue weighted by atomic mass is 16.6. The number of rotatable bonds is 2. The summed E-state index contributed by atoms with van der Waals surface area (Å²) in [4.78, 5) is 31.5. The van der Waals surface area contributed by atoms with Crippen molar-refractivity contribution in [2.24, 2.45) is 0 Å². The molecule has 2 fully saturated rings. The zero-order valence-corrected chi connectivity index (χ0v) is 17.6. The number of aryl methyl sites for hydroxylation is 1. The number of ether oxygens (including phenoxy) is 1. The predicted molar refractivity (Wildman–Crippen MR) is 109 cm³/mol. The molecule has 154 valence electrons. The molecule has 0 spiro atoms. The number of amides is 2. The van der Waals surface area contributed by atoms with Gasteiger partial charge in [0.05, 0.1) is 6.17 Å². The third-order valence-corrected chi connectivity index (χ3v) is 5.42. The van der Waals surface area contributed by atoms with Gasteiger partial charge in [0.1, 0.15) is 5.60 Å². The van der Waals surface area contributed by atoms with E-state index in [0.717, 1.165) is 50.0 Å². The van der Waals surface area contributed by atoms with Crippen LogP contribution in [0.5, 0.6) is 0 Å². The monoisotopic (exact) mass is 387 g/mol. The number of carbonyl (C=O) groups excluding carboxylic acids is 2. The van der Waals surface area contributed by atoms with Gasteiger partial charge in [-0.15, -0.1) is 0 Å². The van der Waals surface area contributed by atoms with Crippen LogP contribution in [-0.4, -0.2) is 71.2 Å². The predicted octanol–water partition coefficient (Wildman–Crippen LogP) is 3.50. The maximum atomic E-state index is 12.7. The first-order valence-corrected chi connectivity index (χ1v) is 10.3. The first kappa shape index (κ1) is 20.6. The van der Waals surface area contributed by atoms with E-state index in [1.54, 1.807) is 0 Å². The number of hydrogen-bond donors (Lipinski definition) is 0. The summed E-state index contributed by atoms with van der Waals surface area (Å²) in [6.45, 7) is 11.4. The van der Waals surface area contributed by atoms with Crippen molar-refractivity contribution in [3.8, 4) is 0 Å². The molecule has 1 aromatic carbocycles. The van der Waals surface area contributed by atoms with Crippen LogP contribution in [0.15, 0.2) is 24.3 Å². The Morgan fingerprint density at radius 3 is 2.21 bits per heavy atom. The van der Waals surface area contributed by atoms with Crippen molar-refractivity contribution in [2.75, 3.05) is 32.7 Å². The van der Waals surface area contributed by atoms with Crippen LogP contribution >= 0.6 is 0 Å². The first-order chi connectivity index (χ1) is 13.2. The summed E-state index contributed by atoms with van der Waals surface area (Å²) in [6, 6.07) is 7.75. The molecule has 28 heavy (non-hydrogen) atoms. The molecule has 2 aliphatic rings. The van der Waals surface area contributed by atoms with E-state index in [2.05, 4.69) is 4.90 Å². The van der Waals surface area contributed by atoms with Gasteiger partial charge in [0.2, 0.25) is 0 Å². The molecule has 2 amide bonds. The third kappa shape index (κ3) is 5.04. The molecule has 6 heteroatoms. The number of piperazine rings is 1. The van der Waals surface area contributed by atoms with Crippen molar-refractivity contribution < 1.29 is 14.3 Å². The van der Waals surface area contributed by atoms with Gasteiger partial charge < -0.3 is 9.64 Å². The maximum absolute atomic E-state index is 12.7. The summed E-state index contributed by atoms with van der Waals surface area (Å²) in [5.74, 6) is 0.0901. The second-order valence-corrected chi connectivity index (χ2v) is 8.84. The van der Waals surface area contributed by atoms with E-state index in [0.29, 0.717) is 13.1 Å². The Morgan fingerprint density at radius 1 is 0.964 bits per heavy atom. The van der Waals surface area contributed by atoms with Gasteiger partial charge in [0.15, 0.2) is 0 Å². The standard InChI is InChI=1S/C22H33N3O3/c1-17-8-10-18(11-9-17)20(26)24-15-13-23(14-16-24)19-7-5-6-12-25(19)21(27)28-22(2,3)4/h8-11,19H,5-7,12-16H2,1-4H3. The lowest BCUT2D eigenvalue weighted by molar-refractivity contribution is -0.0350. The van der Waals surface area contributed by atoms with Crippen molar-refractivity contribution in [2.45, 2.75) is 58.7 Å². The summed E-state index contributed by atoms with van der Waals surface area (Å²) in [6.07, 6.45) is 2.94. The normalized spacial score (nSPS) is 21.5. The summed E-state index contributed by atoms with van der Waals surface area (Å²) < 4.78 is 5.62. The van der Waals surface area contributed by atoms with Crippen LogP contribution in [0.25, 0.3) is 0 Å². The van der Waals surface area contributed by atoms with Crippen LogP contribution in [-0.2, 0) is 4.74 Å². The molecule has 0 aromatic heterocycles. The van der Waals surface area contributed by atoms with E-state index >= 15 is 0 Å². The van der Waals surface area contributed by atoms with Gasteiger partial charge >= 0.3 is 6.09 Å². The fraction of sp³-hybridized carbons (Fsp3) is 0.636. The molecule has 1 aromatic rings. The van der Waals surface area contributed by atoms with E-state index in [1.165, 1.54) is 0 Å². The van der Waals surface area contributed by atoms with Gasteiger partial charge in [-0.2, -0.15) is 0 Å². The van der Waals surface area contributed by atoms with Crippen LogP contribution < -0.4 is 0 Å². The minimum atomic E-state index is -0.488. The largest absolute Gasteiger partial charge is 0.444 e. The number of nitrogens with zero attached hydrogens (tertiary/aromatic N) is 3. The smallest absolute Gasteiger partial charge is 0.411 e. The summed E-state index contributed by atoms with van der Waals surface area (Å²) >= 11 is 0. The van der Waals surface area contributed by atoms with Crippen LogP contribution in [0, 0.1) is 6.92 Å². The molecule has 6 nitrogen and oxygen atoms in total. The van der Waals surface area contributed by atoms with Gasteiger partial charge in [0, 0.05) is 38.3 Å². The third-order valence-electron chi connectivity index (χ3n) is 5.42.